The minimum Gasteiger partial charge on any atom is -0.493 e. The average Bonchev–Trinajstić information content (AvgIpc) is 2.71. The second-order valence-corrected chi connectivity index (χ2v) is 8.14. The normalized spacial score (nSPS) is 21.0. The Morgan fingerprint density at radius 3 is 2.74 bits per heavy atom. The molecule has 0 aliphatic carbocycles. The fourth-order valence-electron chi connectivity index (χ4n) is 4.03. The van der Waals surface area contributed by atoms with Crippen molar-refractivity contribution in [3.8, 4) is 5.75 Å². The van der Waals surface area contributed by atoms with E-state index in [4.69, 9.17) is 4.74 Å². The summed E-state index contributed by atoms with van der Waals surface area (Å²) in [4.78, 5) is 12.4. The Morgan fingerprint density at radius 1 is 1.19 bits per heavy atom. The Hall–Kier alpha value is -3.00. The van der Waals surface area contributed by atoms with Crippen molar-refractivity contribution in [1.29, 1.82) is 0 Å². The van der Waals surface area contributed by atoms with Gasteiger partial charge in [0.1, 0.15) is 11.6 Å². The van der Waals surface area contributed by atoms with Gasteiger partial charge in [-0.15, -0.1) is 0 Å². The SMILES string of the molecule is Cc1ncc2c(N=CC(O)(CC3(C)CCOc4ccccc43)C(F)(F)F)cccc2n1. The minimum atomic E-state index is -4.91. The number of para-hydroxylation sites is 1. The molecule has 1 aliphatic rings. The summed E-state index contributed by atoms with van der Waals surface area (Å²) < 4.78 is 47.8. The maximum absolute atomic E-state index is 14.1. The van der Waals surface area contributed by atoms with Crippen LogP contribution in [-0.2, 0) is 5.41 Å². The van der Waals surface area contributed by atoms with Crippen molar-refractivity contribution in [2.24, 2.45) is 4.99 Å². The zero-order valence-corrected chi connectivity index (χ0v) is 17.1. The first-order valence-electron chi connectivity index (χ1n) is 9.90. The summed E-state index contributed by atoms with van der Waals surface area (Å²) in [6, 6.07) is 12.0. The number of aryl methyl sites for hydroxylation is 1. The number of alkyl halides is 3. The molecule has 0 saturated carbocycles. The van der Waals surface area contributed by atoms with Gasteiger partial charge in [0.25, 0.3) is 0 Å². The third-order valence-corrected chi connectivity index (χ3v) is 5.74. The quantitative estimate of drug-likeness (QED) is 0.589. The van der Waals surface area contributed by atoms with Crippen molar-refractivity contribution < 1.29 is 23.0 Å². The molecular formula is C23H22F3N3O2. The summed E-state index contributed by atoms with van der Waals surface area (Å²) in [5, 5.41) is 11.3. The molecule has 0 amide bonds. The van der Waals surface area contributed by atoms with Crippen LogP contribution in [0.15, 0.2) is 53.7 Å². The van der Waals surface area contributed by atoms with Gasteiger partial charge in [0.05, 0.1) is 17.8 Å². The molecule has 1 aliphatic heterocycles. The Bertz CT molecular complexity index is 1150. The molecule has 1 N–H and O–H groups in total. The van der Waals surface area contributed by atoms with Crippen LogP contribution in [0, 0.1) is 6.92 Å². The van der Waals surface area contributed by atoms with Gasteiger partial charge < -0.3 is 9.84 Å². The molecule has 0 bridgehead atoms. The third-order valence-electron chi connectivity index (χ3n) is 5.74. The zero-order valence-electron chi connectivity index (χ0n) is 17.1. The van der Waals surface area contributed by atoms with Gasteiger partial charge in [-0.1, -0.05) is 31.2 Å². The van der Waals surface area contributed by atoms with Crippen molar-refractivity contribution in [2.45, 2.75) is 43.9 Å². The number of aliphatic hydroxyl groups is 1. The summed E-state index contributed by atoms with van der Waals surface area (Å²) in [5.41, 5.74) is -2.59. The van der Waals surface area contributed by atoms with E-state index in [1.165, 1.54) is 6.20 Å². The highest BCUT2D eigenvalue weighted by molar-refractivity contribution is 5.91. The maximum atomic E-state index is 14.1. The number of rotatable bonds is 4. The van der Waals surface area contributed by atoms with Crippen LogP contribution >= 0.6 is 0 Å². The van der Waals surface area contributed by atoms with Crippen LogP contribution in [0.1, 0.15) is 31.2 Å². The second kappa shape index (κ2) is 7.60. The number of ether oxygens (including phenoxy) is 1. The molecule has 0 radical (unpaired) electrons. The van der Waals surface area contributed by atoms with E-state index < -0.39 is 23.6 Å². The van der Waals surface area contributed by atoms with E-state index in [1.807, 2.05) is 0 Å². The lowest BCUT2D eigenvalue weighted by atomic mass is 9.70. The van der Waals surface area contributed by atoms with E-state index in [1.54, 1.807) is 56.3 Å². The van der Waals surface area contributed by atoms with Gasteiger partial charge in [0.15, 0.2) is 5.60 Å². The molecule has 4 rings (SSSR count). The molecule has 2 unspecified atom stereocenters. The second-order valence-electron chi connectivity index (χ2n) is 8.14. The molecular weight excluding hydrogens is 407 g/mol. The van der Waals surface area contributed by atoms with Crippen molar-refractivity contribution in [3.05, 3.63) is 60.0 Å². The smallest absolute Gasteiger partial charge is 0.422 e. The number of benzene rings is 2. The molecule has 3 aromatic rings. The lowest BCUT2D eigenvalue weighted by Crippen LogP contribution is -2.51. The van der Waals surface area contributed by atoms with Gasteiger partial charge >= 0.3 is 6.18 Å². The monoisotopic (exact) mass is 429 g/mol. The molecule has 0 spiro atoms. The van der Waals surface area contributed by atoms with Crippen LogP contribution in [0.3, 0.4) is 0 Å². The van der Waals surface area contributed by atoms with Crippen molar-refractivity contribution in [1.82, 2.24) is 9.97 Å². The Kier molecular flexibility index (Phi) is 5.21. The highest BCUT2D eigenvalue weighted by Crippen LogP contribution is 2.47. The van der Waals surface area contributed by atoms with Gasteiger partial charge in [-0.3, -0.25) is 4.99 Å². The first-order chi connectivity index (χ1) is 14.6. The standard InChI is InChI=1S/C23H22F3N3O2/c1-15-27-12-16-18(7-5-8-19(16)29-15)28-14-22(30,23(24,25)26)13-21(2)10-11-31-20-9-4-3-6-17(20)21/h3-9,12,14,30H,10-11,13H2,1-2H3. The van der Waals surface area contributed by atoms with Crippen molar-refractivity contribution in [2.75, 3.05) is 6.61 Å². The molecule has 1 aromatic heterocycles. The van der Waals surface area contributed by atoms with E-state index in [0.717, 1.165) is 0 Å². The van der Waals surface area contributed by atoms with E-state index in [0.29, 0.717) is 40.7 Å². The molecule has 2 heterocycles. The van der Waals surface area contributed by atoms with E-state index >= 15 is 0 Å². The van der Waals surface area contributed by atoms with E-state index in [2.05, 4.69) is 15.0 Å². The highest BCUT2D eigenvalue weighted by atomic mass is 19.4. The summed E-state index contributed by atoms with van der Waals surface area (Å²) in [6.45, 7) is 3.72. The first-order valence-corrected chi connectivity index (χ1v) is 9.90. The van der Waals surface area contributed by atoms with Crippen molar-refractivity contribution >= 4 is 22.8 Å². The number of aromatic nitrogens is 2. The molecule has 2 aromatic carbocycles. The van der Waals surface area contributed by atoms with Gasteiger partial charge in [-0.2, -0.15) is 13.2 Å². The van der Waals surface area contributed by atoms with Crippen LogP contribution in [-0.4, -0.2) is 39.7 Å². The lowest BCUT2D eigenvalue weighted by Gasteiger charge is -2.41. The number of fused-ring (bicyclic) bond motifs is 2. The molecule has 8 heteroatoms. The van der Waals surface area contributed by atoms with Crippen LogP contribution < -0.4 is 4.74 Å². The summed E-state index contributed by atoms with van der Waals surface area (Å²) in [7, 11) is 0. The van der Waals surface area contributed by atoms with Crippen LogP contribution in [0.4, 0.5) is 18.9 Å². The van der Waals surface area contributed by atoms with Gasteiger partial charge in [0, 0.05) is 28.8 Å². The molecule has 5 nitrogen and oxygen atoms in total. The van der Waals surface area contributed by atoms with Gasteiger partial charge in [-0.05, 0) is 38.0 Å². The van der Waals surface area contributed by atoms with Crippen LogP contribution in [0.25, 0.3) is 10.9 Å². The van der Waals surface area contributed by atoms with E-state index in [-0.39, 0.29) is 12.3 Å². The van der Waals surface area contributed by atoms with Gasteiger partial charge in [0.2, 0.25) is 0 Å². The number of hydrogen-bond donors (Lipinski definition) is 1. The Morgan fingerprint density at radius 2 is 1.97 bits per heavy atom. The molecule has 0 fully saturated rings. The fraction of sp³-hybridized carbons (Fsp3) is 0.348. The predicted molar refractivity (Wildman–Crippen MR) is 112 cm³/mol. The first kappa shape index (κ1) is 21.2. The summed E-state index contributed by atoms with van der Waals surface area (Å²) in [6.07, 6.45) is -3.02. The number of aliphatic imine (C=N–C) groups is 1. The molecule has 31 heavy (non-hydrogen) atoms. The van der Waals surface area contributed by atoms with Crippen LogP contribution in [0.5, 0.6) is 5.75 Å². The molecule has 162 valence electrons. The number of halogens is 3. The molecule has 2 atom stereocenters. The van der Waals surface area contributed by atoms with Gasteiger partial charge in [-0.25, -0.2) is 9.97 Å². The summed E-state index contributed by atoms with van der Waals surface area (Å²) >= 11 is 0. The maximum Gasteiger partial charge on any atom is 0.422 e. The topological polar surface area (TPSA) is 67.6 Å². The minimum absolute atomic E-state index is 0.262. The predicted octanol–water partition coefficient (Wildman–Crippen LogP) is 5.06. The highest BCUT2D eigenvalue weighted by Gasteiger charge is 2.56. The lowest BCUT2D eigenvalue weighted by molar-refractivity contribution is -0.235. The third kappa shape index (κ3) is 3.99. The summed E-state index contributed by atoms with van der Waals surface area (Å²) in [5.74, 6) is 1.09. The largest absolute Gasteiger partial charge is 0.493 e. The molecule has 0 saturated heterocycles. The zero-order chi connectivity index (χ0) is 22.3. The average molecular weight is 429 g/mol. The van der Waals surface area contributed by atoms with Crippen LogP contribution in [0.2, 0.25) is 0 Å². The van der Waals surface area contributed by atoms with E-state index in [9.17, 15) is 18.3 Å². The Balaban J connectivity index is 1.74. The fourth-order valence-corrected chi connectivity index (χ4v) is 4.03. The number of nitrogens with zero attached hydrogens (tertiary/aromatic N) is 3. The Labute approximate surface area is 177 Å². The number of hydrogen-bond acceptors (Lipinski definition) is 5. The van der Waals surface area contributed by atoms with Crippen molar-refractivity contribution in [3.63, 3.8) is 0 Å².